The van der Waals surface area contributed by atoms with Gasteiger partial charge < -0.3 is 4.74 Å². The van der Waals surface area contributed by atoms with Crippen LogP contribution in [-0.2, 0) is 9.53 Å². The summed E-state index contributed by atoms with van der Waals surface area (Å²) in [6, 6.07) is 8.55. The molecule has 1 aliphatic heterocycles. The molecule has 0 aromatic heterocycles. The second-order valence-electron chi connectivity index (χ2n) is 6.56. The molecule has 1 aliphatic carbocycles. The molecule has 28 heavy (non-hydrogen) atoms. The van der Waals surface area contributed by atoms with Crippen molar-refractivity contribution in [1.29, 1.82) is 0 Å². The number of amides is 2. The van der Waals surface area contributed by atoms with E-state index in [0.29, 0.717) is 24.3 Å². The number of carbonyl (C=O) groups excluding carboxylic acids is 4. The Kier molecular flexibility index (Phi) is 4.69. The highest BCUT2D eigenvalue weighted by Gasteiger charge is 2.38. The molecule has 142 valence electrons. The van der Waals surface area contributed by atoms with E-state index in [1.807, 2.05) is 0 Å². The summed E-state index contributed by atoms with van der Waals surface area (Å²) in [4.78, 5) is 50.5. The van der Waals surface area contributed by atoms with Crippen LogP contribution < -0.4 is 4.90 Å². The van der Waals surface area contributed by atoms with Crippen LogP contribution in [0.2, 0.25) is 10.0 Å². The smallest absolute Gasteiger partial charge is 0.338 e. The molecule has 0 radical (unpaired) electrons. The fourth-order valence-corrected chi connectivity index (χ4v) is 3.62. The molecule has 0 unspecified atom stereocenters. The number of hydrogen-bond acceptors (Lipinski definition) is 5. The summed E-state index contributed by atoms with van der Waals surface area (Å²) >= 11 is 11.9. The molecule has 0 saturated heterocycles. The van der Waals surface area contributed by atoms with Gasteiger partial charge in [-0.1, -0.05) is 23.2 Å². The van der Waals surface area contributed by atoms with Gasteiger partial charge in [-0.15, -0.1) is 0 Å². The Morgan fingerprint density at radius 1 is 0.964 bits per heavy atom. The van der Waals surface area contributed by atoms with Gasteiger partial charge in [-0.25, -0.2) is 9.69 Å². The van der Waals surface area contributed by atoms with Gasteiger partial charge in [0.1, 0.15) is 0 Å². The van der Waals surface area contributed by atoms with Crippen LogP contribution in [-0.4, -0.2) is 29.7 Å². The van der Waals surface area contributed by atoms with Gasteiger partial charge in [-0.2, -0.15) is 0 Å². The van der Waals surface area contributed by atoms with Crippen LogP contribution >= 0.6 is 23.2 Å². The van der Waals surface area contributed by atoms with Gasteiger partial charge in [-0.05, 0) is 49.2 Å². The van der Waals surface area contributed by atoms with Crippen LogP contribution in [0.5, 0.6) is 0 Å². The van der Waals surface area contributed by atoms with Crippen molar-refractivity contribution in [2.24, 2.45) is 0 Å². The summed E-state index contributed by atoms with van der Waals surface area (Å²) < 4.78 is 5.24. The Morgan fingerprint density at radius 2 is 1.71 bits per heavy atom. The van der Waals surface area contributed by atoms with Gasteiger partial charge in [-0.3, -0.25) is 14.4 Å². The molecule has 2 aromatic rings. The number of benzene rings is 2. The minimum absolute atomic E-state index is 0.0864. The van der Waals surface area contributed by atoms with Crippen LogP contribution in [0.1, 0.15) is 50.3 Å². The van der Waals surface area contributed by atoms with Crippen molar-refractivity contribution in [3.05, 3.63) is 63.1 Å². The molecule has 1 fully saturated rings. The number of ether oxygens (including phenoxy) is 1. The molecular weight excluding hydrogens is 405 g/mol. The number of nitrogens with zero attached hydrogens (tertiary/aromatic N) is 1. The zero-order valence-electron chi connectivity index (χ0n) is 14.4. The summed E-state index contributed by atoms with van der Waals surface area (Å²) in [7, 11) is 0. The normalized spacial score (nSPS) is 18.6. The maximum atomic E-state index is 12.8. The number of anilines is 1. The van der Waals surface area contributed by atoms with Crippen molar-refractivity contribution in [1.82, 2.24) is 0 Å². The van der Waals surface area contributed by atoms with Crippen LogP contribution in [0, 0.1) is 0 Å². The first-order chi connectivity index (χ1) is 13.4. The fraction of sp³-hybridized carbons (Fsp3) is 0.200. The van der Waals surface area contributed by atoms with Gasteiger partial charge in [0, 0.05) is 6.42 Å². The average molecular weight is 418 g/mol. The van der Waals surface area contributed by atoms with Crippen LogP contribution in [0.15, 0.2) is 36.4 Å². The number of esters is 1. The molecule has 2 aromatic carbocycles. The highest BCUT2D eigenvalue weighted by atomic mass is 35.5. The van der Waals surface area contributed by atoms with Gasteiger partial charge in [0.05, 0.1) is 32.4 Å². The van der Waals surface area contributed by atoms with E-state index in [1.165, 1.54) is 36.4 Å². The number of fused-ring (bicyclic) bond motifs is 1. The van der Waals surface area contributed by atoms with Crippen LogP contribution in [0.4, 0.5) is 5.69 Å². The molecule has 2 aliphatic rings. The maximum absolute atomic E-state index is 12.8. The lowest BCUT2D eigenvalue weighted by molar-refractivity contribution is -0.124. The number of ketones is 1. The first-order valence-corrected chi connectivity index (χ1v) is 9.34. The van der Waals surface area contributed by atoms with E-state index in [1.54, 1.807) is 0 Å². The Hall–Kier alpha value is -2.70. The first kappa shape index (κ1) is 18.7. The van der Waals surface area contributed by atoms with Crippen LogP contribution in [0.25, 0.3) is 0 Å². The van der Waals surface area contributed by atoms with Crippen LogP contribution in [0.3, 0.4) is 0 Å². The van der Waals surface area contributed by atoms with E-state index in [2.05, 4.69) is 0 Å². The third-order valence-corrected chi connectivity index (χ3v) is 5.52. The fourth-order valence-electron chi connectivity index (χ4n) is 3.33. The van der Waals surface area contributed by atoms with Gasteiger partial charge in [0.15, 0.2) is 11.9 Å². The third kappa shape index (κ3) is 3.08. The summed E-state index contributed by atoms with van der Waals surface area (Å²) in [5.41, 5.74) is 0.643. The van der Waals surface area contributed by atoms with Crippen molar-refractivity contribution in [2.75, 3.05) is 4.90 Å². The Labute approximate surface area is 170 Å². The van der Waals surface area contributed by atoms with E-state index in [-0.39, 0.29) is 33.2 Å². The monoisotopic (exact) mass is 417 g/mol. The predicted molar refractivity (Wildman–Crippen MR) is 102 cm³/mol. The topological polar surface area (TPSA) is 80.8 Å². The molecule has 4 rings (SSSR count). The molecule has 2 amide bonds. The predicted octanol–water partition coefficient (Wildman–Crippen LogP) is 4.07. The van der Waals surface area contributed by atoms with E-state index >= 15 is 0 Å². The van der Waals surface area contributed by atoms with Crippen molar-refractivity contribution < 1.29 is 23.9 Å². The lowest BCUT2D eigenvalue weighted by Crippen LogP contribution is -2.29. The van der Waals surface area contributed by atoms with E-state index in [4.69, 9.17) is 27.9 Å². The van der Waals surface area contributed by atoms with Gasteiger partial charge >= 0.3 is 5.97 Å². The zero-order valence-corrected chi connectivity index (χ0v) is 15.9. The van der Waals surface area contributed by atoms with Gasteiger partial charge in [0.2, 0.25) is 0 Å². The number of halogens is 2. The minimum Gasteiger partial charge on any atom is -0.451 e. The average Bonchev–Trinajstić information content (AvgIpc) is 3.18. The Morgan fingerprint density at radius 3 is 2.39 bits per heavy atom. The van der Waals surface area contributed by atoms with Gasteiger partial charge in [0.25, 0.3) is 11.8 Å². The number of rotatable bonds is 3. The second-order valence-corrected chi connectivity index (χ2v) is 7.37. The Bertz CT molecular complexity index is 1050. The molecule has 0 N–H and O–H groups in total. The number of hydrogen-bond donors (Lipinski definition) is 0. The first-order valence-electron chi connectivity index (χ1n) is 8.58. The molecule has 6 nitrogen and oxygen atoms in total. The van der Waals surface area contributed by atoms with Crippen molar-refractivity contribution in [3.8, 4) is 0 Å². The maximum Gasteiger partial charge on any atom is 0.338 e. The molecule has 1 heterocycles. The van der Waals surface area contributed by atoms with Crippen molar-refractivity contribution in [2.45, 2.75) is 25.4 Å². The molecular formula is C20H13Cl2NO5. The van der Waals surface area contributed by atoms with E-state index in [0.717, 1.165) is 4.90 Å². The second kappa shape index (κ2) is 7.04. The van der Waals surface area contributed by atoms with Crippen molar-refractivity contribution >= 4 is 52.5 Å². The SMILES string of the molecule is O=C(O[C@H]1CCCC1=O)c1ccc2c(c1)C(=O)N(c1ccc(Cl)c(Cl)c1)C2=O. The number of imide groups is 1. The highest BCUT2D eigenvalue weighted by molar-refractivity contribution is 6.42. The number of carbonyl (C=O) groups is 4. The third-order valence-electron chi connectivity index (χ3n) is 4.78. The summed E-state index contributed by atoms with van der Waals surface area (Å²) in [6.07, 6.45) is 0.837. The lowest BCUT2D eigenvalue weighted by Gasteiger charge is -2.14. The molecule has 1 saturated carbocycles. The highest BCUT2D eigenvalue weighted by Crippen LogP contribution is 2.33. The molecule has 0 spiro atoms. The van der Waals surface area contributed by atoms with E-state index in [9.17, 15) is 19.2 Å². The standard InChI is InChI=1S/C20H13Cl2NO5/c21-14-7-5-11(9-15(14)22)23-18(25)12-6-4-10(8-13(12)19(23)26)20(27)28-17-3-1-2-16(17)24/h4-9,17H,1-3H2/t17-/m0/s1. The summed E-state index contributed by atoms with van der Waals surface area (Å²) in [5, 5.41) is 0.509. The largest absolute Gasteiger partial charge is 0.451 e. The summed E-state index contributed by atoms with van der Waals surface area (Å²) in [5.74, 6) is -1.91. The quantitative estimate of drug-likeness (QED) is 0.555. The minimum atomic E-state index is -0.745. The summed E-state index contributed by atoms with van der Waals surface area (Å²) in [6.45, 7) is 0. The number of Topliss-reactive ketones (excluding diaryl/α,β-unsaturated/α-hetero) is 1. The molecule has 0 bridgehead atoms. The molecule has 1 atom stereocenters. The van der Waals surface area contributed by atoms with Crippen molar-refractivity contribution in [3.63, 3.8) is 0 Å². The zero-order chi connectivity index (χ0) is 20.0. The lowest BCUT2D eigenvalue weighted by atomic mass is 10.1. The molecule has 8 heteroatoms. The van der Waals surface area contributed by atoms with E-state index < -0.39 is 23.9 Å². The Balaban J connectivity index is 1.62.